The minimum atomic E-state index is -3.81. The van der Waals surface area contributed by atoms with Crippen molar-refractivity contribution in [2.75, 3.05) is 10.5 Å². The van der Waals surface area contributed by atoms with Crippen LogP contribution in [0.2, 0.25) is 5.02 Å². The Kier molecular flexibility index (Phi) is 4.95. The van der Waals surface area contributed by atoms with Crippen molar-refractivity contribution < 1.29 is 22.0 Å². The molecule has 0 aliphatic rings. The van der Waals surface area contributed by atoms with Crippen LogP contribution in [-0.2, 0) is 10.0 Å². The second kappa shape index (κ2) is 7.33. The van der Waals surface area contributed by atoms with Crippen LogP contribution in [0.15, 0.2) is 42.6 Å². The molecule has 0 saturated carbocycles. The van der Waals surface area contributed by atoms with Gasteiger partial charge in [-0.25, -0.2) is 22.2 Å². The van der Waals surface area contributed by atoms with Gasteiger partial charge in [0, 0.05) is 28.0 Å². The van der Waals surface area contributed by atoms with E-state index in [1.54, 1.807) is 12.1 Å². The number of ketones is 1. The maximum atomic E-state index is 14.9. The number of fused-ring (bicyclic) bond motifs is 3. The van der Waals surface area contributed by atoms with E-state index in [2.05, 4.69) is 9.97 Å². The first-order valence-corrected chi connectivity index (χ1v) is 10.8. The SMILES string of the molecule is CCS(=O)(=O)Nc1ccc(F)c(C(=O)c2ccc3[nH]c4ncc(Cl)cc4c3c2)c1F. The lowest BCUT2D eigenvalue weighted by atomic mass is 10.00. The number of rotatable bonds is 5. The van der Waals surface area contributed by atoms with Gasteiger partial charge in [-0.2, -0.15) is 0 Å². The molecule has 154 valence electrons. The number of nitrogens with zero attached hydrogens (tertiary/aromatic N) is 1. The first-order valence-electron chi connectivity index (χ1n) is 8.80. The van der Waals surface area contributed by atoms with Crippen molar-refractivity contribution in [1.82, 2.24) is 9.97 Å². The van der Waals surface area contributed by atoms with Gasteiger partial charge in [0.15, 0.2) is 11.6 Å². The minimum Gasteiger partial charge on any atom is -0.339 e. The van der Waals surface area contributed by atoms with E-state index in [9.17, 15) is 22.0 Å². The van der Waals surface area contributed by atoms with Crippen LogP contribution in [0.3, 0.4) is 0 Å². The zero-order chi connectivity index (χ0) is 21.6. The second-order valence-electron chi connectivity index (χ2n) is 6.55. The summed E-state index contributed by atoms with van der Waals surface area (Å²) in [5, 5.41) is 1.65. The van der Waals surface area contributed by atoms with E-state index in [1.165, 1.54) is 25.3 Å². The molecule has 2 N–H and O–H groups in total. The Balaban J connectivity index is 1.84. The quantitative estimate of drug-likeness (QED) is 0.434. The molecule has 0 radical (unpaired) electrons. The summed E-state index contributed by atoms with van der Waals surface area (Å²) in [5.41, 5.74) is -0.0990. The Morgan fingerprint density at radius 1 is 1.17 bits per heavy atom. The predicted octanol–water partition coefficient (Wildman–Crippen LogP) is 4.64. The number of hydrogen-bond donors (Lipinski definition) is 2. The zero-order valence-electron chi connectivity index (χ0n) is 15.5. The number of carbonyl (C=O) groups is 1. The molecule has 0 atom stereocenters. The predicted molar refractivity (Wildman–Crippen MR) is 111 cm³/mol. The van der Waals surface area contributed by atoms with Crippen LogP contribution < -0.4 is 4.72 Å². The van der Waals surface area contributed by atoms with Crippen LogP contribution in [-0.4, -0.2) is 29.9 Å². The summed E-state index contributed by atoms with van der Waals surface area (Å²) in [6.07, 6.45) is 1.47. The second-order valence-corrected chi connectivity index (χ2v) is 9.00. The van der Waals surface area contributed by atoms with Crippen LogP contribution in [0.5, 0.6) is 0 Å². The van der Waals surface area contributed by atoms with Crippen LogP contribution in [0.4, 0.5) is 14.5 Å². The van der Waals surface area contributed by atoms with Crippen LogP contribution in [0.25, 0.3) is 21.9 Å². The van der Waals surface area contributed by atoms with Crippen LogP contribution >= 0.6 is 11.6 Å². The van der Waals surface area contributed by atoms with Crippen molar-refractivity contribution >= 4 is 55.0 Å². The topological polar surface area (TPSA) is 91.9 Å². The fourth-order valence-electron chi connectivity index (χ4n) is 3.11. The number of aromatic nitrogens is 2. The summed E-state index contributed by atoms with van der Waals surface area (Å²) in [6, 6.07) is 7.94. The number of sulfonamides is 1. The van der Waals surface area contributed by atoms with Gasteiger partial charge >= 0.3 is 0 Å². The zero-order valence-corrected chi connectivity index (χ0v) is 17.0. The Hall–Kier alpha value is -3.04. The number of pyridine rings is 1. The molecule has 2 aromatic carbocycles. The summed E-state index contributed by atoms with van der Waals surface area (Å²) in [4.78, 5) is 20.2. The van der Waals surface area contributed by atoms with E-state index in [-0.39, 0.29) is 11.3 Å². The lowest BCUT2D eigenvalue weighted by Crippen LogP contribution is -2.17. The Morgan fingerprint density at radius 2 is 1.93 bits per heavy atom. The van der Waals surface area contributed by atoms with Gasteiger partial charge in [0.05, 0.1) is 22.0 Å². The highest BCUT2D eigenvalue weighted by Crippen LogP contribution is 2.29. The first kappa shape index (κ1) is 20.2. The fourth-order valence-corrected chi connectivity index (χ4v) is 3.91. The van der Waals surface area contributed by atoms with Gasteiger partial charge in [0.1, 0.15) is 11.5 Å². The number of hydrogen-bond acceptors (Lipinski definition) is 4. The van der Waals surface area contributed by atoms with Gasteiger partial charge in [0.25, 0.3) is 0 Å². The third-order valence-electron chi connectivity index (χ3n) is 4.64. The van der Waals surface area contributed by atoms with Crippen LogP contribution in [0, 0.1) is 11.6 Å². The third kappa shape index (κ3) is 3.50. The number of benzene rings is 2. The highest BCUT2D eigenvalue weighted by atomic mass is 35.5. The molecule has 0 amide bonds. The van der Waals surface area contributed by atoms with Crippen molar-refractivity contribution in [3.8, 4) is 0 Å². The molecular formula is C20H14ClF2N3O3S. The summed E-state index contributed by atoms with van der Waals surface area (Å²) < 4.78 is 54.8. The number of aromatic amines is 1. The van der Waals surface area contributed by atoms with Gasteiger partial charge in [-0.15, -0.1) is 0 Å². The van der Waals surface area contributed by atoms with Gasteiger partial charge in [-0.05, 0) is 43.3 Å². The van der Waals surface area contributed by atoms with E-state index >= 15 is 0 Å². The van der Waals surface area contributed by atoms with Gasteiger partial charge in [-0.1, -0.05) is 11.6 Å². The van der Waals surface area contributed by atoms with E-state index in [0.29, 0.717) is 27.0 Å². The van der Waals surface area contributed by atoms with Gasteiger partial charge in [-0.3, -0.25) is 9.52 Å². The molecule has 0 spiro atoms. The first-order chi connectivity index (χ1) is 14.2. The largest absolute Gasteiger partial charge is 0.339 e. The lowest BCUT2D eigenvalue weighted by Gasteiger charge is -2.11. The monoisotopic (exact) mass is 449 g/mol. The third-order valence-corrected chi connectivity index (χ3v) is 6.14. The summed E-state index contributed by atoms with van der Waals surface area (Å²) in [6.45, 7) is 1.37. The fraction of sp³-hybridized carbons (Fsp3) is 0.100. The molecule has 4 aromatic rings. The number of H-pyrrole nitrogens is 1. The van der Waals surface area contributed by atoms with Crippen molar-refractivity contribution in [2.24, 2.45) is 0 Å². The number of carbonyl (C=O) groups excluding carboxylic acids is 1. The Bertz CT molecular complexity index is 1430. The molecule has 0 unspecified atom stereocenters. The standard InChI is InChI=1S/C20H14ClF2N3O3S/c1-2-30(28,29)26-16-6-4-14(22)17(18(16)23)19(27)10-3-5-15-12(7-10)13-8-11(21)9-24-20(13)25-15/h3-9,26H,2H2,1H3,(H,24,25). The Labute approximate surface area is 174 Å². The molecule has 2 heterocycles. The lowest BCUT2D eigenvalue weighted by molar-refractivity contribution is 0.103. The van der Waals surface area contributed by atoms with Gasteiger partial charge < -0.3 is 4.98 Å². The number of nitrogens with one attached hydrogen (secondary N) is 2. The molecule has 4 rings (SSSR count). The molecule has 6 nitrogen and oxygen atoms in total. The van der Waals surface area contributed by atoms with Crippen molar-refractivity contribution in [3.05, 3.63) is 70.4 Å². The Morgan fingerprint density at radius 3 is 2.67 bits per heavy atom. The molecule has 0 saturated heterocycles. The van der Waals surface area contributed by atoms with E-state index < -0.39 is 38.7 Å². The average Bonchev–Trinajstić information content (AvgIpc) is 3.07. The minimum absolute atomic E-state index is 0.0247. The highest BCUT2D eigenvalue weighted by Gasteiger charge is 2.24. The highest BCUT2D eigenvalue weighted by molar-refractivity contribution is 7.92. The van der Waals surface area contributed by atoms with Crippen molar-refractivity contribution in [2.45, 2.75) is 6.92 Å². The molecule has 2 aromatic heterocycles. The summed E-state index contributed by atoms with van der Waals surface area (Å²) in [5.74, 6) is -3.60. The molecule has 30 heavy (non-hydrogen) atoms. The van der Waals surface area contributed by atoms with Crippen LogP contribution in [0.1, 0.15) is 22.8 Å². The molecule has 0 bridgehead atoms. The molecular weight excluding hydrogens is 436 g/mol. The van der Waals surface area contributed by atoms with E-state index in [0.717, 1.165) is 12.1 Å². The van der Waals surface area contributed by atoms with E-state index in [1.807, 2.05) is 4.72 Å². The number of halogens is 3. The summed E-state index contributed by atoms with van der Waals surface area (Å²) >= 11 is 6.00. The molecule has 0 aliphatic carbocycles. The maximum Gasteiger partial charge on any atom is 0.232 e. The smallest absolute Gasteiger partial charge is 0.232 e. The van der Waals surface area contributed by atoms with E-state index in [4.69, 9.17) is 11.6 Å². The number of anilines is 1. The van der Waals surface area contributed by atoms with Crippen molar-refractivity contribution in [1.29, 1.82) is 0 Å². The van der Waals surface area contributed by atoms with Crippen molar-refractivity contribution in [3.63, 3.8) is 0 Å². The normalized spacial score (nSPS) is 11.9. The average molecular weight is 450 g/mol. The summed E-state index contributed by atoms with van der Waals surface area (Å²) in [7, 11) is -3.81. The molecule has 0 fully saturated rings. The molecule has 10 heteroatoms. The molecule has 0 aliphatic heterocycles. The maximum absolute atomic E-state index is 14.9. The van der Waals surface area contributed by atoms with Gasteiger partial charge in [0.2, 0.25) is 10.0 Å².